The highest BCUT2D eigenvalue weighted by atomic mass is 32.2. The molecule has 0 fully saturated rings. The van der Waals surface area contributed by atoms with Crippen molar-refractivity contribution in [2.75, 3.05) is 5.73 Å². The van der Waals surface area contributed by atoms with Gasteiger partial charge in [-0.1, -0.05) is 6.07 Å². The third-order valence-corrected chi connectivity index (χ3v) is 6.45. The van der Waals surface area contributed by atoms with Gasteiger partial charge in [-0.05, 0) is 38.5 Å². The fraction of sp³-hybridized carbons (Fsp3) is 0.294. The average molecular weight is 414 g/mol. The molecule has 0 aliphatic rings. The number of nitrogen functional groups attached to an aromatic ring is 1. The number of halogens is 3. The lowest BCUT2D eigenvalue weighted by molar-refractivity contribution is -0.141. The summed E-state index contributed by atoms with van der Waals surface area (Å²) in [7, 11) is -4.09. The molecule has 3 N–H and O–H groups in total. The molecule has 0 radical (unpaired) electrons. The monoisotopic (exact) mass is 414 g/mol. The lowest BCUT2D eigenvalue weighted by Crippen LogP contribution is -2.31. The molecule has 7 nitrogen and oxygen atoms in total. The van der Waals surface area contributed by atoms with E-state index in [0.29, 0.717) is 11.1 Å². The molecule has 0 amide bonds. The third kappa shape index (κ3) is 3.20. The zero-order chi connectivity index (χ0) is 21.1. The molecular weight excluding hydrogens is 397 g/mol. The van der Waals surface area contributed by atoms with E-state index in [0.717, 1.165) is 24.4 Å². The van der Waals surface area contributed by atoms with Crippen molar-refractivity contribution in [3.63, 3.8) is 0 Å². The summed E-state index contributed by atoms with van der Waals surface area (Å²) in [5.41, 5.74) is 5.56. The first kappa shape index (κ1) is 20.1. The number of sulfone groups is 1. The third-order valence-electron chi connectivity index (χ3n) is 4.26. The van der Waals surface area contributed by atoms with Crippen LogP contribution in [0, 0.1) is 6.92 Å². The van der Waals surface area contributed by atoms with Crippen LogP contribution in [0.5, 0.6) is 0 Å². The number of imidazole rings is 1. The van der Waals surface area contributed by atoms with Gasteiger partial charge in [0, 0.05) is 11.8 Å². The number of fused-ring (bicyclic) bond motifs is 1. The van der Waals surface area contributed by atoms with Crippen LogP contribution in [0.25, 0.3) is 16.9 Å². The Bertz CT molecular complexity index is 1180. The van der Waals surface area contributed by atoms with E-state index < -0.39 is 32.5 Å². The van der Waals surface area contributed by atoms with Gasteiger partial charge < -0.3 is 10.8 Å². The minimum atomic E-state index is -4.72. The number of rotatable bonds is 3. The van der Waals surface area contributed by atoms with Crippen molar-refractivity contribution < 1.29 is 26.7 Å². The maximum absolute atomic E-state index is 13.1. The van der Waals surface area contributed by atoms with Crippen LogP contribution in [-0.4, -0.2) is 32.8 Å². The normalized spacial score (nSPS) is 13.2. The van der Waals surface area contributed by atoms with Gasteiger partial charge in [0.1, 0.15) is 0 Å². The van der Waals surface area contributed by atoms with Crippen LogP contribution in [0.4, 0.5) is 19.0 Å². The van der Waals surface area contributed by atoms with E-state index in [1.165, 1.54) is 24.4 Å². The van der Waals surface area contributed by atoms with Crippen molar-refractivity contribution in [3.8, 4) is 11.3 Å². The second-order valence-electron chi connectivity index (χ2n) is 6.77. The number of alkyl halides is 3. The molecule has 3 rings (SSSR count). The molecule has 0 saturated heterocycles. The lowest BCUT2D eigenvalue weighted by Gasteiger charge is -2.19. The number of hydrogen-bond acceptors (Lipinski definition) is 6. The summed E-state index contributed by atoms with van der Waals surface area (Å²) in [6.07, 6.45) is -2.67. The van der Waals surface area contributed by atoms with E-state index in [1.54, 1.807) is 6.92 Å². The van der Waals surface area contributed by atoms with Crippen LogP contribution in [0.2, 0.25) is 0 Å². The number of aromatic nitrogens is 3. The Kier molecular flexibility index (Phi) is 4.43. The van der Waals surface area contributed by atoms with E-state index >= 15 is 0 Å². The molecule has 2 aromatic heterocycles. The van der Waals surface area contributed by atoms with Crippen molar-refractivity contribution in [2.24, 2.45) is 0 Å². The molecule has 0 unspecified atom stereocenters. The Morgan fingerprint density at radius 3 is 2.43 bits per heavy atom. The highest BCUT2D eigenvalue weighted by Gasteiger charge is 2.35. The maximum Gasteiger partial charge on any atom is 0.434 e. The molecule has 2 heterocycles. The van der Waals surface area contributed by atoms with Crippen LogP contribution in [-0.2, 0) is 16.0 Å². The highest BCUT2D eigenvalue weighted by molar-refractivity contribution is 7.92. The Labute approximate surface area is 158 Å². The van der Waals surface area contributed by atoms with Gasteiger partial charge >= 0.3 is 6.18 Å². The first-order valence-electron chi connectivity index (χ1n) is 8.02. The van der Waals surface area contributed by atoms with Crippen molar-refractivity contribution in [1.82, 2.24) is 14.4 Å². The number of nitrogens with zero attached hydrogens (tertiary/aromatic N) is 3. The highest BCUT2D eigenvalue weighted by Crippen LogP contribution is 2.33. The number of anilines is 1. The predicted octanol–water partition coefficient (Wildman–Crippen LogP) is 2.81. The Morgan fingerprint density at radius 2 is 1.86 bits per heavy atom. The van der Waals surface area contributed by atoms with Crippen LogP contribution in [0.15, 0.2) is 35.5 Å². The standard InChI is InChI=1S/C17H17F3N4O3S/c1-9-4-5-10(28(26,27)16(2,3)25)6-11(9)12-7-22-15-14(21)23-13(8-24(12)15)17(18,19)20/h4-8,25H,1-3H3,(H2,21,23). The maximum atomic E-state index is 13.1. The van der Waals surface area contributed by atoms with Crippen LogP contribution in [0.3, 0.4) is 0 Å². The SMILES string of the molecule is Cc1ccc(S(=O)(=O)C(C)(C)O)cc1-c1cnc2c(N)nc(C(F)(F)F)cn12. The van der Waals surface area contributed by atoms with E-state index in [9.17, 15) is 26.7 Å². The summed E-state index contributed by atoms with van der Waals surface area (Å²) in [6.45, 7) is 3.94. The Morgan fingerprint density at radius 1 is 1.21 bits per heavy atom. The zero-order valence-electron chi connectivity index (χ0n) is 15.1. The Hall–Kier alpha value is -2.66. The molecule has 0 saturated carbocycles. The van der Waals surface area contributed by atoms with Gasteiger partial charge in [0.2, 0.25) is 9.84 Å². The zero-order valence-corrected chi connectivity index (χ0v) is 15.9. The summed E-state index contributed by atoms with van der Waals surface area (Å²) >= 11 is 0. The molecule has 28 heavy (non-hydrogen) atoms. The first-order chi connectivity index (χ1) is 12.7. The number of benzene rings is 1. The van der Waals surface area contributed by atoms with Gasteiger partial charge in [-0.3, -0.25) is 4.40 Å². The van der Waals surface area contributed by atoms with Crippen molar-refractivity contribution in [2.45, 2.75) is 36.8 Å². The van der Waals surface area contributed by atoms with Crippen molar-refractivity contribution in [1.29, 1.82) is 0 Å². The minimum Gasteiger partial charge on any atom is -0.381 e. The number of hydrogen-bond donors (Lipinski definition) is 2. The minimum absolute atomic E-state index is 0.0122. The summed E-state index contributed by atoms with van der Waals surface area (Å²) in [4.78, 5) is 5.14. The predicted molar refractivity (Wildman–Crippen MR) is 96.1 cm³/mol. The fourth-order valence-electron chi connectivity index (χ4n) is 2.68. The molecule has 1 aromatic carbocycles. The largest absolute Gasteiger partial charge is 0.434 e. The number of aryl methyl sites for hydroxylation is 1. The lowest BCUT2D eigenvalue weighted by atomic mass is 10.1. The molecule has 0 bridgehead atoms. The van der Waals surface area contributed by atoms with Gasteiger partial charge in [0.25, 0.3) is 0 Å². The van der Waals surface area contributed by atoms with Crippen LogP contribution >= 0.6 is 0 Å². The quantitative estimate of drug-likeness (QED) is 0.682. The molecule has 11 heteroatoms. The number of aliphatic hydroxyl groups is 1. The van der Waals surface area contributed by atoms with E-state index in [1.807, 2.05) is 0 Å². The van der Waals surface area contributed by atoms with Gasteiger partial charge in [-0.15, -0.1) is 0 Å². The van der Waals surface area contributed by atoms with E-state index in [2.05, 4.69) is 9.97 Å². The second kappa shape index (κ2) is 6.17. The summed E-state index contributed by atoms with van der Waals surface area (Å²) in [6, 6.07) is 4.12. The van der Waals surface area contributed by atoms with Crippen molar-refractivity contribution >= 4 is 21.3 Å². The molecule has 0 aliphatic carbocycles. The fourth-order valence-corrected chi connectivity index (χ4v) is 3.78. The number of nitrogens with two attached hydrogens (primary N) is 1. The molecule has 0 atom stereocenters. The van der Waals surface area contributed by atoms with Crippen LogP contribution < -0.4 is 5.73 Å². The molecule has 0 aliphatic heterocycles. The van der Waals surface area contributed by atoms with Crippen LogP contribution in [0.1, 0.15) is 25.1 Å². The summed E-state index contributed by atoms with van der Waals surface area (Å²) < 4.78 is 65.5. The topological polar surface area (TPSA) is 111 Å². The second-order valence-corrected chi connectivity index (χ2v) is 9.25. The molecule has 150 valence electrons. The summed E-state index contributed by atoms with van der Waals surface area (Å²) in [5, 5.41) is 9.97. The van der Waals surface area contributed by atoms with E-state index in [4.69, 9.17) is 5.73 Å². The smallest absolute Gasteiger partial charge is 0.381 e. The van der Waals surface area contributed by atoms with Gasteiger partial charge in [-0.25, -0.2) is 18.4 Å². The van der Waals surface area contributed by atoms with E-state index in [-0.39, 0.29) is 16.2 Å². The van der Waals surface area contributed by atoms with Gasteiger partial charge in [-0.2, -0.15) is 13.2 Å². The first-order valence-corrected chi connectivity index (χ1v) is 9.50. The van der Waals surface area contributed by atoms with Gasteiger partial charge in [0.15, 0.2) is 22.1 Å². The molecule has 0 spiro atoms. The Balaban J connectivity index is 2.29. The molecular formula is C17H17F3N4O3S. The van der Waals surface area contributed by atoms with Crippen molar-refractivity contribution in [3.05, 3.63) is 41.9 Å². The summed E-state index contributed by atoms with van der Waals surface area (Å²) in [5.74, 6) is -0.404. The molecule has 3 aromatic rings. The van der Waals surface area contributed by atoms with Gasteiger partial charge in [0.05, 0.1) is 16.8 Å². The average Bonchev–Trinajstić information content (AvgIpc) is 2.97.